The van der Waals surface area contributed by atoms with Crippen LogP contribution in [0.25, 0.3) is 11.4 Å². The van der Waals surface area contributed by atoms with Gasteiger partial charge in [0.15, 0.2) is 0 Å². The third-order valence-corrected chi connectivity index (χ3v) is 6.23. The van der Waals surface area contributed by atoms with E-state index in [1.807, 2.05) is 76.2 Å². The lowest BCUT2D eigenvalue weighted by Gasteiger charge is -2.12. The van der Waals surface area contributed by atoms with E-state index in [0.717, 1.165) is 39.7 Å². The van der Waals surface area contributed by atoms with Crippen LogP contribution in [0, 0.1) is 27.7 Å². The van der Waals surface area contributed by atoms with Gasteiger partial charge in [-0.15, -0.1) is 0 Å². The van der Waals surface area contributed by atoms with E-state index in [1.54, 1.807) is 18.3 Å². The first-order chi connectivity index (χ1) is 15.8. The first-order valence-corrected chi connectivity index (χ1v) is 11.2. The van der Waals surface area contributed by atoms with Gasteiger partial charge in [0, 0.05) is 44.7 Å². The van der Waals surface area contributed by atoms with Gasteiger partial charge >= 0.3 is 0 Å². The summed E-state index contributed by atoms with van der Waals surface area (Å²) >= 11 is 12.3. The minimum Gasteiger partial charge on any atom is -0.318 e. The Morgan fingerprint density at radius 2 is 1.45 bits per heavy atom. The van der Waals surface area contributed by atoms with Crippen LogP contribution in [0.3, 0.4) is 0 Å². The van der Waals surface area contributed by atoms with Crippen molar-refractivity contribution in [1.82, 2.24) is 14.6 Å². The Kier molecular flexibility index (Phi) is 6.45. The number of nitrogens with zero attached hydrogens (tertiary/aromatic N) is 3. The van der Waals surface area contributed by atoms with Crippen LogP contribution in [0.5, 0.6) is 0 Å². The number of hydrogen-bond acceptors (Lipinski definition) is 2. The van der Waals surface area contributed by atoms with E-state index in [4.69, 9.17) is 23.2 Å². The molecule has 0 spiro atoms. The molecular weight excluding hydrogens is 455 g/mol. The molecule has 33 heavy (non-hydrogen) atoms. The second kappa shape index (κ2) is 9.30. The van der Waals surface area contributed by atoms with Crippen molar-refractivity contribution in [3.8, 4) is 11.4 Å². The van der Waals surface area contributed by atoms with Crippen molar-refractivity contribution in [3.05, 3.63) is 105 Å². The van der Waals surface area contributed by atoms with Gasteiger partial charge in [-0.3, -0.25) is 4.79 Å². The van der Waals surface area contributed by atoms with Crippen molar-refractivity contribution in [3.63, 3.8) is 0 Å². The predicted octanol–water partition coefficient (Wildman–Crippen LogP) is 6.57. The van der Waals surface area contributed by atoms with Crippen LogP contribution in [0.4, 0.5) is 0 Å². The smallest absolute Gasteiger partial charge is 0.272 e. The fraction of sp³-hybridized carbons (Fsp3) is 0.154. The number of carbonyl (C=O) groups excluding carboxylic acids is 1. The average molecular weight is 479 g/mol. The minimum absolute atomic E-state index is 0.366. The van der Waals surface area contributed by atoms with Gasteiger partial charge in [-0.05, 0) is 88.4 Å². The number of halogens is 2. The molecule has 2 aromatic heterocycles. The quantitative estimate of drug-likeness (QED) is 0.255. The Labute approximate surface area is 203 Å². The van der Waals surface area contributed by atoms with Crippen LogP contribution >= 0.6 is 23.2 Å². The number of aryl methyl sites for hydroxylation is 3. The van der Waals surface area contributed by atoms with Crippen LogP contribution in [-0.4, -0.2) is 21.3 Å². The average Bonchev–Trinajstić information content (AvgIpc) is 3.26. The Morgan fingerprint density at radius 1 is 0.818 bits per heavy atom. The van der Waals surface area contributed by atoms with Crippen LogP contribution in [0.15, 0.2) is 65.8 Å². The normalized spacial score (nSPS) is 11.3. The molecule has 4 aromatic rings. The third kappa shape index (κ3) is 4.61. The molecule has 0 saturated heterocycles. The number of aromatic nitrogens is 2. The highest BCUT2D eigenvalue weighted by molar-refractivity contribution is 6.34. The van der Waals surface area contributed by atoms with Crippen molar-refractivity contribution in [2.45, 2.75) is 27.7 Å². The van der Waals surface area contributed by atoms with Gasteiger partial charge in [0.25, 0.3) is 5.91 Å². The molecule has 0 fully saturated rings. The standard InChI is InChI=1S/C26H24Cl2N4O/c1-16-5-6-17(2)31(16)23-11-12-25(28)24(14-23)26(33)30-29-15-20-13-18(3)32(19(20)4)22-9-7-21(27)8-10-22/h5-15H,1-4H3,(H,30,33). The Morgan fingerprint density at radius 3 is 2.12 bits per heavy atom. The molecule has 168 valence electrons. The van der Waals surface area contributed by atoms with E-state index < -0.39 is 0 Å². The lowest BCUT2D eigenvalue weighted by atomic mass is 10.2. The molecule has 0 aliphatic rings. The zero-order chi connectivity index (χ0) is 23.7. The second-order valence-corrected chi connectivity index (χ2v) is 8.80. The molecule has 7 heteroatoms. The fourth-order valence-corrected chi connectivity index (χ4v) is 4.36. The molecule has 4 rings (SSSR count). The molecule has 1 amide bonds. The van der Waals surface area contributed by atoms with Gasteiger partial charge in [0.2, 0.25) is 0 Å². The highest BCUT2D eigenvalue weighted by Gasteiger charge is 2.14. The molecule has 0 saturated carbocycles. The highest BCUT2D eigenvalue weighted by atomic mass is 35.5. The summed E-state index contributed by atoms with van der Waals surface area (Å²) in [5.74, 6) is -0.368. The largest absolute Gasteiger partial charge is 0.318 e. The number of carbonyl (C=O) groups is 1. The molecular formula is C26H24Cl2N4O. The van der Waals surface area contributed by atoms with Gasteiger partial charge in [0.05, 0.1) is 16.8 Å². The molecule has 0 unspecified atom stereocenters. The second-order valence-electron chi connectivity index (χ2n) is 7.95. The zero-order valence-electron chi connectivity index (χ0n) is 18.9. The van der Waals surface area contributed by atoms with Crippen molar-refractivity contribution < 1.29 is 4.79 Å². The fourth-order valence-electron chi connectivity index (χ4n) is 4.03. The summed E-state index contributed by atoms with van der Waals surface area (Å²) in [6.07, 6.45) is 1.64. The Hall–Kier alpha value is -3.28. The van der Waals surface area contributed by atoms with Crippen molar-refractivity contribution >= 4 is 35.3 Å². The molecule has 0 bridgehead atoms. The van der Waals surface area contributed by atoms with Crippen LogP contribution < -0.4 is 5.43 Å². The predicted molar refractivity (Wildman–Crippen MR) is 136 cm³/mol. The van der Waals surface area contributed by atoms with Crippen LogP contribution in [-0.2, 0) is 0 Å². The molecule has 2 heterocycles. The van der Waals surface area contributed by atoms with E-state index in [-0.39, 0.29) is 5.91 Å². The first kappa shape index (κ1) is 22.9. The van der Waals surface area contributed by atoms with Gasteiger partial charge in [-0.2, -0.15) is 5.10 Å². The third-order valence-electron chi connectivity index (χ3n) is 5.65. The van der Waals surface area contributed by atoms with E-state index in [1.165, 1.54) is 0 Å². The van der Waals surface area contributed by atoms with Crippen molar-refractivity contribution in [2.24, 2.45) is 5.10 Å². The van der Waals surface area contributed by atoms with E-state index in [0.29, 0.717) is 15.6 Å². The van der Waals surface area contributed by atoms with Crippen LogP contribution in [0.1, 0.15) is 38.7 Å². The molecule has 0 atom stereocenters. The number of hydrazone groups is 1. The van der Waals surface area contributed by atoms with Gasteiger partial charge in [-0.25, -0.2) is 5.43 Å². The Balaban J connectivity index is 1.55. The topological polar surface area (TPSA) is 51.3 Å². The summed E-state index contributed by atoms with van der Waals surface area (Å²) in [6.45, 7) is 8.07. The molecule has 1 N–H and O–H groups in total. The molecule has 0 radical (unpaired) electrons. The van der Waals surface area contributed by atoms with E-state index in [2.05, 4.69) is 19.7 Å². The summed E-state index contributed by atoms with van der Waals surface area (Å²) in [4.78, 5) is 12.8. The van der Waals surface area contributed by atoms with Gasteiger partial charge < -0.3 is 9.13 Å². The monoisotopic (exact) mass is 478 g/mol. The van der Waals surface area contributed by atoms with E-state index >= 15 is 0 Å². The lowest BCUT2D eigenvalue weighted by molar-refractivity contribution is 0.0955. The zero-order valence-corrected chi connectivity index (χ0v) is 20.4. The van der Waals surface area contributed by atoms with Crippen LogP contribution in [0.2, 0.25) is 10.0 Å². The maximum atomic E-state index is 12.8. The number of rotatable bonds is 5. The summed E-state index contributed by atoms with van der Waals surface area (Å²) in [6, 6.07) is 19.1. The Bertz CT molecular complexity index is 1340. The summed E-state index contributed by atoms with van der Waals surface area (Å²) in [5.41, 5.74) is 9.98. The first-order valence-electron chi connectivity index (χ1n) is 10.5. The number of benzene rings is 2. The molecule has 5 nitrogen and oxygen atoms in total. The van der Waals surface area contributed by atoms with Crippen molar-refractivity contribution in [1.29, 1.82) is 0 Å². The molecule has 0 aliphatic carbocycles. The molecule has 0 aliphatic heterocycles. The lowest BCUT2D eigenvalue weighted by Crippen LogP contribution is -2.18. The summed E-state index contributed by atoms with van der Waals surface area (Å²) in [7, 11) is 0. The van der Waals surface area contributed by atoms with Crippen molar-refractivity contribution in [2.75, 3.05) is 0 Å². The number of amides is 1. The van der Waals surface area contributed by atoms with Gasteiger partial charge in [-0.1, -0.05) is 23.2 Å². The maximum absolute atomic E-state index is 12.8. The highest BCUT2D eigenvalue weighted by Crippen LogP contribution is 2.24. The maximum Gasteiger partial charge on any atom is 0.272 e. The van der Waals surface area contributed by atoms with E-state index in [9.17, 15) is 4.79 Å². The number of nitrogens with one attached hydrogen (secondary N) is 1. The molecule has 2 aromatic carbocycles. The summed E-state index contributed by atoms with van der Waals surface area (Å²) < 4.78 is 4.18. The minimum atomic E-state index is -0.368. The summed E-state index contributed by atoms with van der Waals surface area (Å²) in [5, 5.41) is 5.25. The SMILES string of the molecule is Cc1ccc(C)n1-c1ccc(Cl)c(C(=O)NN=Cc2cc(C)n(-c3ccc(Cl)cc3)c2C)c1. The van der Waals surface area contributed by atoms with Gasteiger partial charge in [0.1, 0.15) is 0 Å². The number of hydrogen-bond donors (Lipinski definition) is 1.